The number of methoxy groups -OCH3 is 1. The smallest absolute Gasteiger partial charge is 0.194 e. The molecule has 6 rings (SSSR count). The van der Waals surface area contributed by atoms with Gasteiger partial charge in [-0.25, -0.2) is 17.9 Å². The van der Waals surface area contributed by atoms with Gasteiger partial charge in [-0.15, -0.1) is 17.7 Å². The fourth-order valence-corrected chi connectivity index (χ4v) is 6.05. The fraction of sp³-hybridized carbons (Fsp3) is 0.296. The van der Waals surface area contributed by atoms with E-state index in [0.29, 0.717) is 10.6 Å². The maximum absolute atomic E-state index is 14.1. The minimum absolute atomic E-state index is 0.0166. The van der Waals surface area contributed by atoms with Crippen molar-refractivity contribution in [1.29, 1.82) is 0 Å². The average molecular weight is 591 g/mol. The Balaban J connectivity index is 1.55. The van der Waals surface area contributed by atoms with Crippen molar-refractivity contribution in [2.75, 3.05) is 13.7 Å². The van der Waals surface area contributed by atoms with Crippen LogP contribution in [0.2, 0.25) is 5.02 Å². The topological polar surface area (TPSA) is 80.5 Å². The first-order valence-corrected chi connectivity index (χ1v) is 13.1. The zero-order valence-corrected chi connectivity index (χ0v) is 22.5. The van der Waals surface area contributed by atoms with Crippen LogP contribution >= 0.6 is 24.2 Å². The highest BCUT2D eigenvalue weighted by Crippen LogP contribution is 2.49. The predicted octanol–water partition coefficient (Wildman–Crippen LogP) is 4.94. The standard InChI is InChI=1S/C27H22ClF3N4O4S/c1-36-24-26(40)38-21-13-37-25(14-5-3-2-4-6-14)39-23(21)27(24,16-9-17(28)11-32-10-16)35-12-20(33-34-35)15-7-18(29)22(31)19(30)8-15/h2-12,21,23-26,40H,13H2,1H3/t21-,23+,24+,25?,26-,27?/m1/s1. The molecule has 0 radical (unpaired) electrons. The molecule has 2 aliphatic heterocycles. The summed E-state index contributed by atoms with van der Waals surface area (Å²) in [5.41, 5.74) is -0.798. The van der Waals surface area contributed by atoms with Crippen LogP contribution in [0.5, 0.6) is 0 Å². The Hall–Kier alpha value is -3.00. The quantitative estimate of drug-likeness (QED) is 0.261. The van der Waals surface area contributed by atoms with Gasteiger partial charge in [-0.1, -0.05) is 47.1 Å². The molecular formula is C27H22ClF3N4O4S. The van der Waals surface area contributed by atoms with Crippen molar-refractivity contribution in [3.8, 4) is 11.3 Å². The lowest BCUT2D eigenvalue weighted by atomic mass is 9.75. The molecule has 2 fully saturated rings. The van der Waals surface area contributed by atoms with Gasteiger partial charge in [0.25, 0.3) is 0 Å². The van der Waals surface area contributed by atoms with Crippen molar-refractivity contribution in [3.05, 3.63) is 101 Å². The highest BCUT2D eigenvalue weighted by molar-refractivity contribution is 7.80. The molecule has 2 aromatic heterocycles. The normalized spacial score (nSPS) is 28.3. The van der Waals surface area contributed by atoms with E-state index >= 15 is 0 Å². The Bertz CT molecular complexity index is 1510. The van der Waals surface area contributed by atoms with Crippen molar-refractivity contribution in [1.82, 2.24) is 20.0 Å². The van der Waals surface area contributed by atoms with Gasteiger partial charge in [0, 0.05) is 36.2 Å². The van der Waals surface area contributed by atoms with Crippen LogP contribution < -0.4 is 0 Å². The third-order valence-electron chi connectivity index (χ3n) is 7.11. The van der Waals surface area contributed by atoms with Gasteiger partial charge in [0.15, 0.2) is 23.7 Å². The van der Waals surface area contributed by atoms with Gasteiger partial charge < -0.3 is 18.9 Å². The second-order valence-corrected chi connectivity index (χ2v) is 10.3. The van der Waals surface area contributed by atoms with E-state index in [1.54, 1.807) is 12.3 Å². The molecule has 6 atom stereocenters. The van der Waals surface area contributed by atoms with Crippen molar-refractivity contribution < 1.29 is 32.1 Å². The maximum atomic E-state index is 14.1. The summed E-state index contributed by atoms with van der Waals surface area (Å²) in [6.07, 6.45) is 1.44. The van der Waals surface area contributed by atoms with Crippen LogP contribution in [-0.4, -0.2) is 57.4 Å². The second-order valence-electron chi connectivity index (χ2n) is 9.37. The van der Waals surface area contributed by atoms with Crippen molar-refractivity contribution in [2.45, 2.75) is 35.6 Å². The van der Waals surface area contributed by atoms with Crippen molar-refractivity contribution in [2.24, 2.45) is 0 Å². The molecule has 2 unspecified atom stereocenters. The van der Waals surface area contributed by atoms with Gasteiger partial charge in [0.05, 0.1) is 17.8 Å². The number of hydrogen-bond donors (Lipinski definition) is 1. The lowest BCUT2D eigenvalue weighted by Gasteiger charge is -2.55. The van der Waals surface area contributed by atoms with E-state index in [9.17, 15) is 13.2 Å². The highest BCUT2D eigenvalue weighted by atomic mass is 35.5. The Morgan fingerprint density at radius 3 is 2.52 bits per heavy atom. The number of rotatable bonds is 5. The molecule has 0 saturated carbocycles. The molecule has 0 spiro atoms. The molecule has 2 aliphatic rings. The molecule has 4 heterocycles. The number of pyridine rings is 1. The zero-order valence-electron chi connectivity index (χ0n) is 20.8. The lowest BCUT2D eigenvalue weighted by Crippen LogP contribution is -2.70. The van der Waals surface area contributed by atoms with E-state index in [1.165, 1.54) is 24.2 Å². The summed E-state index contributed by atoms with van der Waals surface area (Å²) in [5, 5.41) is 8.87. The van der Waals surface area contributed by atoms with E-state index in [1.807, 2.05) is 30.3 Å². The van der Waals surface area contributed by atoms with Crippen LogP contribution in [0.3, 0.4) is 0 Å². The van der Waals surface area contributed by atoms with E-state index in [-0.39, 0.29) is 17.9 Å². The van der Waals surface area contributed by atoms with Crippen LogP contribution in [0.1, 0.15) is 17.4 Å². The maximum Gasteiger partial charge on any atom is 0.194 e. The Morgan fingerprint density at radius 2 is 1.82 bits per heavy atom. The summed E-state index contributed by atoms with van der Waals surface area (Å²) in [6, 6.07) is 12.7. The highest BCUT2D eigenvalue weighted by Gasteiger charge is 2.62. The molecular weight excluding hydrogens is 569 g/mol. The molecule has 4 aromatic rings. The average Bonchev–Trinajstić information content (AvgIpc) is 3.46. The third kappa shape index (κ3) is 4.48. The first-order valence-electron chi connectivity index (χ1n) is 12.2. The summed E-state index contributed by atoms with van der Waals surface area (Å²) in [6.45, 7) is 0.142. The molecule has 2 saturated heterocycles. The zero-order chi connectivity index (χ0) is 28.0. The molecule has 0 N–H and O–H groups in total. The summed E-state index contributed by atoms with van der Waals surface area (Å²) in [7, 11) is 1.49. The van der Waals surface area contributed by atoms with Gasteiger partial charge >= 0.3 is 0 Å². The monoisotopic (exact) mass is 590 g/mol. The number of nitrogens with zero attached hydrogens (tertiary/aromatic N) is 4. The summed E-state index contributed by atoms with van der Waals surface area (Å²) < 4.78 is 68.1. The van der Waals surface area contributed by atoms with Crippen molar-refractivity contribution >= 4 is 24.2 Å². The number of hydrogen-bond acceptors (Lipinski definition) is 8. The molecule has 13 heteroatoms. The number of fused-ring (bicyclic) bond motifs is 1. The molecule has 2 aromatic carbocycles. The number of halogens is 4. The van der Waals surface area contributed by atoms with Gasteiger partial charge in [-0.2, -0.15) is 0 Å². The number of ether oxygens (including phenoxy) is 4. The predicted molar refractivity (Wildman–Crippen MR) is 140 cm³/mol. The van der Waals surface area contributed by atoms with E-state index in [4.69, 9.17) is 30.5 Å². The Labute approximate surface area is 237 Å². The molecule has 8 nitrogen and oxygen atoms in total. The molecule has 0 amide bonds. The second kappa shape index (κ2) is 10.8. The summed E-state index contributed by atoms with van der Waals surface area (Å²) >= 11 is 11.1. The third-order valence-corrected chi connectivity index (χ3v) is 7.70. The van der Waals surface area contributed by atoms with Gasteiger partial charge in [0.2, 0.25) is 0 Å². The largest absolute Gasteiger partial charge is 0.375 e. The van der Waals surface area contributed by atoms with Crippen LogP contribution in [-0.2, 0) is 24.5 Å². The van der Waals surface area contributed by atoms with Crippen LogP contribution in [0.25, 0.3) is 11.3 Å². The first kappa shape index (κ1) is 27.2. The van der Waals surface area contributed by atoms with E-state index < -0.39 is 53.0 Å². The van der Waals surface area contributed by atoms with E-state index in [2.05, 4.69) is 27.9 Å². The fourth-order valence-electron chi connectivity index (χ4n) is 5.37. The Kier molecular flexibility index (Phi) is 7.32. The number of benzene rings is 2. The molecule has 208 valence electrons. The van der Waals surface area contributed by atoms with E-state index in [0.717, 1.165) is 17.7 Å². The summed E-state index contributed by atoms with van der Waals surface area (Å²) in [5.74, 6) is -4.29. The Morgan fingerprint density at radius 1 is 1.07 bits per heavy atom. The van der Waals surface area contributed by atoms with Crippen LogP contribution in [0.15, 0.2) is 67.1 Å². The van der Waals surface area contributed by atoms with Crippen LogP contribution in [0.4, 0.5) is 13.2 Å². The molecule has 0 aliphatic carbocycles. The van der Waals surface area contributed by atoms with Gasteiger partial charge in [0.1, 0.15) is 35.0 Å². The number of aromatic nitrogens is 4. The summed E-state index contributed by atoms with van der Waals surface area (Å²) in [4.78, 5) is 4.29. The number of thiol groups is 1. The molecule has 40 heavy (non-hydrogen) atoms. The minimum atomic E-state index is -1.58. The van der Waals surface area contributed by atoms with Crippen molar-refractivity contribution in [3.63, 3.8) is 0 Å². The SMILES string of the molecule is CO[C@H]1[C@@H](S)O[C@@H]2COC(c3ccccc3)O[C@@H]2C1(c1cncc(Cl)c1)n1cc(-c2cc(F)c(F)c(F)c2)nn1. The minimum Gasteiger partial charge on any atom is -0.375 e. The first-order chi connectivity index (χ1) is 19.3. The van der Waals surface area contributed by atoms with Crippen LogP contribution in [0, 0.1) is 17.5 Å². The van der Waals surface area contributed by atoms with Gasteiger partial charge in [-0.05, 0) is 18.2 Å². The van der Waals surface area contributed by atoms with Gasteiger partial charge in [-0.3, -0.25) is 4.98 Å². The lowest BCUT2D eigenvalue weighted by molar-refractivity contribution is -0.323. The molecule has 0 bridgehead atoms.